The third-order valence-electron chi connectivity index (χ3n) is 23.3. The fraction of sp³-hybridized carbons (Fsp3) is 0.838. The second-order valence-electron chi connectivity index (χ2n) is 29.2. The number of imidazole rings is 1. The highest BCUT2D eigenvalue weighted by molar-refractivity contribution is 7.99. The number of carboxylic acids is 1. The van der Waals surface area contributed by atoms with Gasteiger partial charge in [-0.2, -0.15) is 11.8 Å². The number of carbonyl (C=O) groups excluding carboxylic acids is 3. The van der Waals surface area contributed by atoms with Gasteiger partial charge in [-0.3, -0.25) is 19.0 Å². The number of hydrogen-bond donors (Lipinski definition) is 9. The molecule has 3 unspecified atom stereocenters. The number of thioether (sulfide) groups is 1. The average Bonchev–Trinajstić information content (AvgIpc) is 1.64. The SMILES string of the molecule is C[C@@H]1[C@H](O)[C@@H](CSCCCC(=O)O)O[C@H]1n1cnc2c(NC(=O)CCCCCNC(=O)CCCCCO[C@H]3[C@@H](O)CC(O[C@@H]4[C@@H](C)OCC[C@]4(O)O[C@H]4[C@@H](O)CC(O[C@@H]5CC[C@@]6(C)[C@H](CCC7[C@@H]6C[C@@H](O)[C@]6(C)[C@@H](C8=CC(=O)OC8)CC[C@]76O)C5)O[C@@H]4C)O[C@@H]3C)ncnc21. The number of nitrogens with one attached hydrogen (secondary N) is 2. The van der Waals surface area contributed by atoms with E-state index in [9.17, 15) is 49.8 Å². The van der Waals surface area contributed by atoms with Crippen molar-refractivity contribution in [2.24, 2.45) is 40.4 Å². The molecule has 0 bridgehead atoms. The van der Waals surface area contributed by atoms with E-state index < -0.39 is 109 Å². The molecule has 0 spiro atoms. The Hall–Kier alpha value is -4.04. The molecule has 2 aromatic heterocycles. The van der Waals surface area contributed by atoms with Gasteiger partial charge >= 0.3 is 11.9 Å². The summed E-state index contributed by atoms with van der Waals surface area (Å²) in [5.41, 5.74) is -0.186. The van der Waals surface area contributed by atoms with Gasteiger partial charge in [-0.25, -0.2) is 19.7 Å². The number of ether oxygens (including phenoxy) is 9. The number of unbranched alkanes of at least 4 members (excludes halogenated alkanes) is 4. The number of carbonyl (C=O) groups is 4. The van der Waals surface area contributed by atoms with Crippen molar-refractivity contribution in [3.8, 4) is 0 Å². The van der Waals surface area contributed by atoms with Crippen molar-refractivity contribution in [1.82, 2.24) is 24.8 Å². The first-order valence-corrected chi connectivity index (χ1v) is 36.3. The zero-order valence-corrected chi connectivity index (χ0v) is 56.8. The van der Waals surface area contributed by atoms with E-state index in [1.165, 1.54) is 6.33 Å². The van der Waals surface area contributed by atoms with Crippen LogP contribution in [-0.2, 0) is 61.8 Å². The van der Waals surface area contributed by atoms with Crippen LogP contribution in [0.4, 0.5) is 5.82 Å². The lowest BCUT2D eigenvalue weighted by molar-refractivity contribution is -0.386. The third kappa shape index (κ3) is 15.5. The third-order valence-corrected chi connectivity index (χ3v) is 24.4. The molecular formula is C68H104N6O20S. The van der Waals surface area contributed by atoms with Crippen LogP contribution in [-0.4, -0.2) is 214 Å². The van der Waals surface area contributed by atoms with E-state index in [4.69, 9.17) is 47.7 Å². The molecular weight excluding hydrogens is 1250 g/mol. The number of aliphatic carboxylic acids is 1. The number of aromatic nitrogens is 4. The van der Waals surface area contributed by atoms with E-state index >= 15 is 0 Å². The first kappa shape index (κ1) is 72.2. The minimum absolute atomic E-state index is 0.0366. The number of fused-ring (bicyclic) bond motifs is 6. The zero-order chi connectivity index (χ0) is 67.6. The fourth-order valence-electron chi connectivity index (χ4n) is 17.9. The molecule has 4 saturated heterocycles. The molecule has 9 N–H and O–H groups in total. The molecule has 24 atom stereocenters. The Morgan fingerprint density at radius 1 is 0.768 bits per heavy atom. The highest BCUT2D eigenvalue weighted by atomic mass is 32.2. The molecule has 9 aliphatic rings. The smallest absolute Gasteiger partial charge is 0.331 e. The van der Waals surface area contributed by atoms with Gasteiger partial charge in [-0.15, -0.1) is 0 Å². The molecule has 4 aliphatic carbocycles. The van der Waals surface area contributed by atoms with Crippen molar-refractivity contribution in [2.75, 3.05) is 43.2 Å². The number of nitrogens with zero attached hydrogens (tertiary/aromatic N) is 4. The lowest BCUT2D eigenvalue weighted by Crippen LogP contribution is -2.67. The summed E-state index contributed by atoms with van der Waals surface area (Å²) in [6.45, 7) is 12.9. The highest BCUT2D eigenvalue weighted by Gasteiger charge is 2.71. The number of amides is 2. The molecule has 11 rings (SSSR count). The number of anilines is 1. The van der Waals surface area contributed by atoms with Gasteiger partial charge in [-0.1, -0.05) is 33.6 Å². The Labute approximate surface area is 560 Å². The Bertz CT molecular complexity index is 2980. The van der Waals surface area contributed by atoms with E-state index in [1.54, 1.807) is 49.5 Å². The Morgan fingerprint density at radius 3 is 2.24 bits per heavy atom. The van der Waals surface area contributed by atoms with E-state index in [1.807, 2.05) is 13.8 Å². The van der Waals surface area contributed by atoms with E-state index in [0.29, 0.717) is 99.5 Å². The van der Waals surface area contributed by atoms with Gasteiger partial charge in [0.05, 0.1) is 73.5 Å². The lowest BCUT2D eigenvalue weighted by Gasteiger charge is -2.65. The molecule has 5 aliphatic heterocycles. The van der Waals surface area contributed by atoms with Gasteiger partial charge in [0.2, 0.25) is 11.8 Å². The monoisotopic (exact) mass is 1360 g/mol. The van der Waals surface area contributed by atoms with Crippen molar-refractivity contribution < 1.29 is 97.6 Å². The summed E-state index contributed by atoms with van der Waals surface area (Å²) in [6, 6.07) is 0. The van der Waals surface area contributed by atoms with Gasteiger partial charge in [0.15, 0.2) is 35.3 Å². The summed E-state index contributed by atoms with van der Waals surface area (Å²) in [7, 11) is 0. The van der Waals surface area contributed by atoms with Crippen LogP contribution in [0.25, 0.3) is 11.2 Å². The predicted octanol–water partition coefficient (Wildman–Crippen LogP) is 5.75. The number of aliphatic hydroxyl groups excluding tert-OH is 4. The number of esters is 1. The average molecular weight is 1360 g/mol. The van der Waals surface area contributed by atoms with Crippen molar-refractivity contribution in [3.05, 3.63) is 24.3 Å². The van der Waals surface area contributed by atoms with Crippen LogP contribution < -0.4 is 10.6 Å². The molecule has 0 aromatic carbocycles. The minimum Gasteiger partial charge on any atom is -0.481 e. The van der Waals surface area contributed by atoms with E-state index in [0.717, 1.165) is 50.5 Å². The van der Waals surface area contributed by atoms with Gasteiger partial charge in [0.25, 0.3) is 0 Å². The molecule has 95 heavy (non-hydrogen) atoms. The van der Waals surface area contributed by atoms with Crippen molar-refractivity contribution in [2.45, 2.75) is 280 Å². The van der Waals surface area contributed by atoms with Crippen LogP contribution in [0.2, 0.25) is 0 Å². The largest absolute Gasteiger partial charge is 0.481 e. The molecule has 7 heterocycles. The van der Waals surface area contributed by atoms with Crippen LogP contribution in [0.5, 0.6) is 0 Å². The Kier molecular flexibility index (Phi) is 23.4. The number of carboxylic acid groups (broad SMARTS) is 1. The quantitative estimate of drug-likeness (QED) is 0.0212. The van der Waals surface area contributed by atoms with E-state index in [-0.39, 0.29) is 104 Å². The topological polar surface area (TPSA) is 361 Å². The summed E-state index contributed by atoms with van der Waals surface area (Å²) in [5.74, 6) is -1.84. The molecule has 27 heteroatoms. The first-order valence-electron chi connectivity index (χ1n) is 35.2. The number of cyclic esters (lactones) is 1. The van der Waals surface area contributed by atoms with Gasteiger partial charge in [0, 0.05) is 74.8 Å². The molecule has 0 radical (unpaired) electrons. The van der Waals surface area contributed by atoms with Crippen LogP contribution in [0.15, 0.2) is 24.3 Å². The normalized spacial score (nSPS) is 41.0. The number of rotatable bonds is 28. The van der Waals surface area contributed by atoms with Crippen molar-refractivity contribution in [3.63, 3.8) is 0 Å². The molecule has 2 aromatic rings. The van der Waals surface area contributed by atoms with Crippen LogP contribution in [0.3, 0.4) is 0 Å². The minimum atomic E-state index is -1.90. The predicted molar refractivity (Wildman–Crippen MR) is 344 cm³/mol. The van der Waals surface area contributed by atoms with E-state index in [2.05, 4.69) is 32.5 Å². The summed E-state index contributed by atoms with van der Waals surface area (Å²) >= 11 is 1.54. The van der Waals surface area contributed by atoms with Gasteiger partial charge in [0.1, 0.15) is 37.5 Å². The summed E-state index contributed by atoms with van der Waals surface area (Å²) in [6.07, 6.45) is 5.47. The zero-order valence-electron chi connectivity index (χ0n) is 56.0. The number of hydrogen-bond acceptors (Lipinski definition) is 23. The number of aliphatic hydroxyl groups is 6. The fourth-order valence-corrected chi connectivity index (χ4v) is 19.0. The summed E-state index contributed by atoms with van der Waals surface area (Å²) < 4.78 is 57.6. The van der Waals surface area contributed by atoms with Crippen LogP contribution in [0, 0.1) is 40.4 Å². The molecule has 4 saturated carbocycles. The van der Waals surface area contributed by atoms with Gasteiger partial charge < -0.3 is 89.0 Å². The second-order valence-corrected chi connectivity index (χ2v) is 30.4. The summed E-state index contributed by atoms with van der Waals surface area (Å²) in [4.78, 5) is 61.7. The first-order chi connectivity index (χ1) is 45.4. The van der Waals surface area contributed by atoms with Crippen LogP contribution in [0.1, 0.15) is 183 Å². The highest BCUT2D eigenvalue weighted by Crippen LogP contribution is 2.70. The van der Waals surface area contributed by atoms with Crippen molar-refractivity contribution >= 4 is 52.5 Å². The molecule has 26 nitrogen and oxygen atoms in total. The molecule has 2 amide bonds. The molecule has 8 fully saturated rings. The Morgan fingerprint density at radius 2 is 1.51 bits per heavy atom. The maximum absolute atomic E-state index is 13.0. The maximum atomic E-state index is 13.0. The lowest BCUT2D eigenvalue weighted by atomic mass is 9.42. The molecule has 532 valence electrons. The second kappa shape index (κ2) is 30.8. The standard InChI is InChI=1S/C68H104N6O20S/c1-37-58(83)49(34-95-27-13-16-53(80)81)92-64(37)74-36-72-57-62(70-35-71-63(57)74)73-52(79)15-9-7-11-24-69-51(78)14-10-8-12-25-87-59-38(2)89-56(31-47(59)75)93-61-40(4)86-26-23-68(61,85)94-60-39(3)90-55(32-48(60)76)91-43-19-21-65(5)42(29-43)17-18-45-46(65)30-50(77)66(6)44(20-22-67(45,66)84)41-28-54(82)88-33-41/h28,35-40,42-50,55-56,58-61,64,75-77,83-85H,7-27,29-34H2,1-6H3,(H,69,78)(H,80,81)(H,70,71,73,79)/t37-,38-,39-,40-,42-,43-,44-,45?,46+,47+,48+,49-,50-,55?,56?,58+,59-,60-,61-,64-,65+,66+,67+,68+/m1/s1. The van der Waals surface area contributed by atoms with Crippen molar-refractivity contribution in [1.29, 1.82) is 0 Å². The van der Waals surface area contributed by atoms with Crippen LogP contribution >= 0.6 is 11.8 Å². The van der Waals surface area contributed by atoms with Gasteiger partial charge in [-0.05, 0) is 145 Å². The Balaban J connectivity index is 0.550. The maximum Gasteiger partial charge on any atom is 0.331 e. The summed E-state index contributed by atoms with van der Waals surface area (Å²) in [5, 5.41) is 85.7.